The van der Waals surface area contributed by atoms with E-state index in [1.54, 1.807) is 10.6 Å². The molecule has 0 radical (unpaired) electrons. The monoisotopic (exact) mass is 443 g/mol. The van der Waals surface area contributed by atoms with Gasteiger partial charge in [-0.25, -0.2) is 19.7 Å². The number of nitrogen functional groups attached to an aromatic ring is 1. The van der Waals surface area contributed by atoms with E-state index in [4.69, 9.17) is 10.5 Å². The van der Waals surface area contributed by atoms with Crippen molar-refractivity contribution in [2.75, 3.05) is 18.6 Å². The summed E-state index contributed by atoms with van der Waals surface area (Å²) >= 11 is 1.34. The van der Waals surface area contributed by atoms with E-state index in [0.29, 0.717) is 11.2 Å². The highest BCUT2D eigenvalue weighted by Crippen LogP contribution is 2.39. The molecule has 3 aromatic rings. The second-order valence-corrected chi connectivity index (χ2v) is 8.01. The Morgan fingerprint density at radius 3 is 2.90 bits per heavy atom. The number of aliphatic hydroxyl groups is 2. The number of nitrogens with two attached hydrogens (primary N) is 1. The van der Waals surface area contributed by atoms with E-state index < -0.39 is 24.1 Å². The van der Waals surface area contributed by atoms with Crippen LogP contribution in [0.2, 0.25) is 0 Å². The fourth-order valence-electron chi connectivity index (χ4n) is 3.21. The van der Waals surface area contributed by atoms with Crippen LogP contribution in [-0.2, 0) is 14.3 Å². The van der Waals surface area contributed by atoms with Gasteiger partial charge in [-0.15, -0.1) is 11.8 Å². The highest BCUT2D eigenvalue weighted by Gasteiger charge is 2.47. The van der Waals surface area contributed by atoms with Crippen LogP contribution in [0.15, 0.2) is 47.9 Å². The van der Waals surface area contributed by atoms with Gasteiger partial charge >= 0.3 is 5.97 Å². The van der Waals surface area contributed by atoms with Gasteiger partial charge in [0.25, 0.3) is 0 Å². The van der Waals surface area contributed by atoms with E-state index in [0.717, 1.165) is 10.5 Å². The van der Waals surface area contributed by atoms with Gasteiger partial charge in [0, 0.05) is 17.4 Å². The lowest BCUT2D eigenvalue weighted by molar-refractivity contribution is -0.220. The molecule has 1 saturated heterocycles. The van der Waals surface area contributed by atoms with Crippen LogP contribution in [0.5, 0.6) is 0 Å². The predicted octanol–water partition coefficient (Wildman–Crippen LogP) is 1.36. The normalized spacial score (nSPS) is 23.6. The highest BCUT2D eigenvalue weighted by molar-refractivity contribution is 7.99. The molecule has 0 saturated carbocycles. The van der Waals surface area contributed by atoms with Gasteiger partial charge in [0.2, 0.25) is 5.79 Å². The molecule has 0 unspecified atom stereocenters. The number of ether oxygens (including phenoxy) is 2. The first-order chi connectivity index (χ1) is 14.9. The zero-order chi connectivity index (χ0) is 22.0. The number of rotatable bonds is 6. The molecule has 1 aliphatic heterocycles. The second-order valence-electron chi connectivity index (χ2n) is 6.97. The molecule has 4 rings (SSSR count). The maximum Gasteiger partial charge on any atom is 0.330 e. The largest absolute Gasteiger partial charge is 0.466 e. The van der Waals surface area contributed by atoms with Crippen molar-refractivity contribution in [1.82, 2.24) is 19.5 Å². The van der Waals surface area contributed by atoms with Crippen molar-refractivity contribution in [3.63, 3.8) is 0 Å². The van der Waals surface area contributed by atoms with Gasteiger partial charge in [0.15, 0.2) is 11.5 Å². The molecule has 0 spiro atoms. The zero-order valence-electron chi connectivity index (χ0n) is 16.6. The number of hydrogen-bond donors (Lipinski definition) is 3. The molecular weight excluding hydrogens is 422 g/mol. The van der Waals surface area contributed by atoms with Gasteiger partial charge in [-0.2, -0.15) is 0 Å². The number of aromatic nitrogens is 4. The Hall–Kier alpha value is -2.99. The Kier molecular flexibility index (Phi) is 5.92. The number of carbonyl (C=O) groups excluding carboxylic acids is 1. The predicted molar refractivity (Wildman–Crippen MR) is 114 cm³/mol. The fraction of sp³-hybridized carbons (Fsp3) is 0.300. The van der Waals surface area contributed by atoms with Gasteiger partial charge in [-0.3, -0.25) is 4.57 Å². The summed E-state index contributed by atoms with van der Waals surface area (Å²) < 4.78 is 12.0. The number of anilines is 1. The summed E-state index contributed by atoms with van der Waals surface area (Å²) in [6, 6.07) is 7.38. The number of nitrogens with zero attached hydrogens (tertiary/aromatic N) is 4. The summed E-state index contributed by atoms with van der Waals surface area (Å²) in [5, 5.41) is 21.4. The van der Waals surface area contributed by atoms with E-state index in [2.05, 4.69) is 19.7 Å². The SMILES string of the molecule is COC(=O)C=Cc1ccc(SC[C@@]2(O)O[C@@H](n3cnc4c(N)ncnc43)C[C@@H]2O)cc1. The summed E-state index contributed by atoms with van der Waals surface area (Å²) in [5.74, 6) is -1.81. The lowest BCUT2D eigenvalue weighted by Crippen LogP contribution is -2.41. The van der Waals surface area contributed by atoms with E-state index in [1.165, 1.54) is 37.6 Å². The number of carbonyl (C=O) groups is 1. The molecule has 3 heterocycles. The maximum atomic E-state index is 11.2. The molecule has 1 aliphatic rings. The molecular formula is C20H21N5O5S. The van der Waals surface area contributed by atoms with Crippen LogP contribution in [0.4, 0.5) is 5.82 Å². The first-order valence-electron chi connectivity index (χ1n) is 9.40. The minimum absolute atomic E-state index is 0.117. The van der Waals surface area contributed by atoms with E-state index in [-0.39, 0.29) is 18.0 Å². The highest BCUT2D eigenvalue weighted by atomic mass is 32.2. The van der Waals surface area contributed by atoms with Gasteiger partial charge in [-0.1, -0.05) is 12.1 Å². The molecule has 3 atom stereocenters. The minimum atomic E-state index is -1.74. The number of aliphatic hydroxyl groups excluding tert-OH is 1. The number of fused-ring (bicyclic) bond motifs is 1. The quantitative estimate of drug-likeness (QED) is 0.290. The van der Waals surface area contributed by atoms with E-state index in [1.807, 2.05) is 24.3 Å². The topological polar surface area (TPSA) is 146 Å². The maximum absolute atomic E-state index is 11.2. The van der Waals surface area contributed by atoms with Crippen molar-refractivity contribution in [3.05, 3.63) is 48.6 Å². The van der Waals surface area contributed by atoms with Crippen LogP contribution in [-0.4, -0.2) is 60.5 Å². The van der Waals surface area contributed by atoms with Gasteiger partial charge in [0.05, 0.1) is 19.2 Å². The number of methoxy groups -OCH3 is 1. The smallest absolute Gasteiger partial charge is 0.330 e. The van der Waals surface area contributed by atoms with Crippen LogP contribution in [0, 0.1) is 0 Å². The van der Waals surface area contributed by atoms with Crippen molar-refractivity contribution < 1.29 is 24.5 Å². The molecule has 1 fully saturated rings. The average Bonchev–Trinajstić information content (AvgIpc) is 3.33. The van der Waals surface area contributed by atoms with Crippen LogP contribution < -0.4 is 5.73 Å². The average molecular weight is 443 g/mol. The van der Waals surface area contributed by atoms with Crippen LogP contribution in [0.1, 0.15) is 18.2 Å². The molecule has 31 heavy (non-hydrogen) atoms. The Morgan fingerprint density at radius 1 is 1.39 bits per heavy atom. The Labute approximate surface area is 181 Å². The Bertz CT molecular complexity index is 1120. The number of esters is 1. The molecule has 1 aromatic carbocycles. The Balaban J connectivity index is 1.42. The molecule has 162 valence electrons. The summed E-state index contributed by atoms with van der Waals surface area (Å²) in [6.45, 7) is 0. The van der Waals surface area contributed by atoms with Crippen molar-refractivity contribution in [2.45, 2.75) is 29.4 Å². The van der Waals surface area contributed by atoms with Crippen molar-refractivity contribution in [3.8, 4) is 0 Å². The lowest BCUT2D eigenvalue weighted by atomic mass is 10.1. The summed E-state index contributed by atoms with van der Waals surface area (Å²) in [6.07, 6.45) is 4.25. The first-order valence-corrected chi connectivity index (χ1v) is 10.4. The van der Waals surface area contributed by atoms with Gasteiger partial charge in [-0.05, 0) is 23.8 Å². The fourth-order valence-corrected chi connectivity index (χ4v) is 4.18. The summed E-state index contributed by atoms with van der Waals surface area (Å²) in [7, 11) is 1.32. The number of imidazole rings is 1. The van der Waals surface area contributed by atoms with Crippen LogP contribution in [0.25, 0.3) is 17.2 Å². The standard InChI is InChI=1S/C20H21N5O5S/c1-29-16(27)7-4-12-2-5-13(6-3-12)31-9-20(28)14(26)8-15(30-20)25-11-24-17-18(21)22-10-23-19(17)25/h2-7,10-11,14-15,26,28H,8-9H2,1H3,(H2,21,22,23)/t14-,15+,20+/m0/s1. The third-order valence-electron chi connectivity index (χ3n) is 4.92. The third-order valence-corrected chi connectivity index (χ3v) is 6.09. The van der Waals surface area contributed by atoms with E-state index >= 15 is 0 Å². The first kappa shape index (κ1) is 21.2. The third kappa shape index (κ3) is 4.39. The molecule has 0 bridgehead atoms. The van der Waals surface area contributed by atoms with Crippen molar-refractivity contribution in [2.24, 2.45) is 0 Å². The molecule has 2 aromatic heterocycles. The summed E-state index contributed by atoms with van der Waals surface area (Å²) in [5.41, 5.74) is 7.55. The number of thioether (sulfide) groups is 1. The van der Waals surface area contributed by atoms with Crippen LogP contribution in [0.3, 0.4) is 0 Å². The summed E-state index contributed by atoms with van der Waals surface area (Å²) in [4.78, 5) is 24.3. The molecule has 11 heteroatoms. The molecule has 4 N–H and O–H groups in total. The van der Waals surface area contributed by atoms with Crippen molar-refractivity contribution >= 4 is 40.8 Å². The lowest BCUT2D eigenvalue weighted by Gasteiger charge is -2.25. The zero-order valence-corrected chi connectivity index (χ0v) is 17.4. The molecule has 0 amide bonds. The second kappa shape index (κ2) is 8.63. The van der Waals surface area contributed by atoms with Gasteiger partial charge < -0.3 is 25.4 Å². The number of hydrogen-bond acceptors (Lipinski definition) is 10. The van der Waals surface area contributed by atoms with Gasteiger partial charge in [0.1, 0.15) is 24.2 Å². The Morgan fingerprint density at radius 2 is 2.16 bits per heavy atom. The van der Waals surface area contributed by atoms with Crippen molar-refractivity contribution in [1.29, 1.82) is 0 Å². The number of benzene rings is 1. The molecule has 0 aliphatic carbocycles. The minimum Gasteiger partial charge on any atom is -0.466 e. The molecule has 10 nitrogen and oxygen atoms in total. The van der Waals surface area contributed by atoms with Crippen LogP contribution >= 0.6 is 11.8 Å². The van der Waals surface area contributed by atoms with E-state index in [9.17, 15) is 15.0 Å².